The molecule has 1 N–H and O–H groups in total. The fourth-order valence-corrected chi connectivity index (χ4v) is 1.94. The molecule has 0 radical (unpaired) electrons. The molecule has 0 bridgehead atoms. The second-order valence-corrected chi connectivity index (χ2v) is 4.95. The second-order valence-electron chi connectivity index (χ2n) is 4.60. The second kappa shape index (κ2) is 6.87. The minimum atomic E-state index is 0.272. The summed E-state index contributed by atoms with van der Waals surface area (Å²) in [7, 11) is 0. The maximum atomic E-state index is 6.03. The van der Waals surface area contributed by atoms with Crippen molar-refractivity contribution in [3.05, 3.63) is 29.0 Å². The topological polar surface area (TPSA) is 24.9 Å². The van der Waals surface area contributed by atoms with Crippen LogP contribution in [0.15, 0.2) is 18.3 Å². The molecular formula is C13H21ClN2. The third-order valence-electron chi connectivity index (χ3n) is 2.66. The standard InChI is InChI=1S/C13H21ClN2/c1-10(2)6-4-8-15-11(3)12-7-5-9-16-13(12)14/h5,7,9-11,15H,4,6,8H2,1-3H3. The van der Waals surface area contributed by atoms with Crippen molar-refractivity contribution < 1.29 is 0 Å². The van der Waals surface area contributed by atoms with E-state index < -0.39 is 0 Å². The van der Waals surface area contributed by atoms with Crippen LogP contribution < -0.4 is 5.32 Å². The molecule has 1 unspecified atom stereocenters. The third kappa shape index (κ3) is 4.50. The predicted octanol–water partition coefficient (Wildman–Crippen LogP) is 3.82. The van der Waals surface area contributed by atoms with Crippen LogP contribution in [0.3, 0.4) is 0 Å². The van der Waals surface area contributed by atoms with Gasteiger partial charge in [-0.15, -0.1) is 0 Å². The molecule has 90 valence electrons. The number of hydrogen-bond acceptors (Lipinski definition) is 2. The molecule has 1 rings (SSSR count). The summed E-state index contributed by atoms with van der Waals surface area (Å²) in [6, 6.07) is 4.22. The maximum absolute atomic E-state index is 6.03. The maximum Gasteiger partial charge on any atom is 0.133 e. The molecule has 1 heterocycles. The highest BCUT2D eigenvalue weighted by molar-refractivity contribution is 6.30. The lowest BCUT2D eigenvalue weighted by molar-refractivity contribution is 0.497. The summed E-state index contributed by atoms with van der Waals surface area (Å²) in [5.74, 6) is 0.777. The van der Waals surface area contributed by atoms with Crippen LogP contribution >= 0.6 is 11.6 Å². The van der Waals surface area contributed by atoms with E-state index in [1.54, 1.807) is 6.20 Å². The molecule has 0 saturated heterocycles. The number of hydrogen-bond donors (Lipinski definition) is 1. The van der Waals surface area contributed by atoms with Crippen LogP contribution in [-0.4, -0.2) is 11.5 Å². The van der Waals surface area contributed by atoms with E-state index in [4.69, 9.17) is 11.6 Å². The lowest BCUT2D eigenvalue weighted by Crippen LogP contribution is -2.20. The van der Waals surface area contributed by atoms with E-state index in [9.17, 15) is 0 Å². The number of pyridine rings is 1. The molecule has 3 heteroatoms. The fraction of sp³-hybridized carbons (Fsp3) is 0.615. The third-order valence-corrected chi connectivity index (χ3v) is 2.98. The molecule has 1 atom stereocenters. The molecule has 0 aliphatic rings. The van der Waals surface area contributed by atoms with Gasteiger partial charge in [0, 0.05) is 17.8 Å². The molecule has 0 spiro atoms. The number of aromatic nitrogens is 1. The van der Waals surface area contributed by atoms with E-state index in [0.717, 1.165) is 18.0 Å². The van der Waals surface area contributed by atoms with Crippen molar-refractivity contribution in [2.45, 2.75) is 39.7 Å². The van der Waals surface area contributed by atoms with Crippen molar-refractivity contribution in [3.63, 3.8) is 0 Å². The summed E-state index contributed by atoms with van der Waals surface area (Å²) in [6.07, 6.45) is 4.19. The Hall–Kier alpha value is -0.600. The molecule has 0 amide bonds. The van der Waals surface area contributed by atoms with Crippen LogP contribution in [0.4, 0.5) is 0 Å². The van der Waals surface area contributed by atoms with Crippen LogP contribution in [0.25, 0.3) is 0 Å². The quantitative estimate of drug-likeness (QED) is 0.604. The summed E-state index contributed by atoms with van der Waals surface area (Å²) >= 11 is 6.03. The highest BCUT2D eigenvalue weighted by Gasteiger charge is 2.08. The van der Waals surface area contributed by atoms with Gasteiger partial charge >= 0.3 is 0 Å². The monoisotopic (exact) mass is 240 g/mol. The van der Waals surface area contributed by atoms with Gasteiger partial charge in [-0.25, -0.2) is 4.98 Å². The average Bonchev–Trinajstić information content (AvgIpc) is 2.24. The molecule has 0 fully saturated rings. The molecule has 0 aromatic carbocycles. The Kier molecular flexibility index (Phi) is 5.78. The van der Waals surface area contributed by atoms with Crippen LogP contribution in [0.2, 0.25) is 5.15 Å². The number of nitrogens with zero attached hydrogens (tertiary/aromatic N) is 1. The van der Waals surface area contributed by atoms with Crippen LogP contribution in [0, 0.1) is 5.92 Å². The van der Waals surface area contributed by atoms with Gasteiger partial charge in [0.25, 0.3) is 0 Å². The van der Waals surface area contributed by atoms with Crippen molar-refractivity contribution in [1.29, 1.82) is 0 Å². The Labute approximate surface area is 103 Å². The molecule has 2 nitrogen and oxygen atoms in total. The smallest absolute Gasteiger partial charge is 0.133 e. The van der Waals surface area contributed by atoms with Gasteiger partial charge in [-0.2, -0.15) is 0 Å². The summed E-state index contributed by atoms with van der Waals surface area (Å²) in [4.78, 5) is 4.08. The van der Waals surface area contributed by atoms with E-state index >= 15 is 0 Å². The SMILES string of the molecule is CC(C)CCCNC(C)c1cccnc1Cl. The number of rotatable bonds is 6. The van der Waals surface area contributed by atoms with E-state index in [1.165, 1.54) is 12.8 Å². The number of nitrogens with one attached hydrogen (secondary N) is 1. The van der Waals surface area contributed by atoms with Crippen LogP contribution in [0.1, 0.15) is 45.2 Å². The van der Waals surface area contributed by atoms with Crippen molar-refractivity contribution in [2.24, 2.45) is 5.92 Å². The van der Waals surface area contributed by atoms with Crippen LogP contribution in [-0.2, 0) is 0 Å². The average molecular weight is 241 g/mol. The molecule has 0 aliphatic carbocycles. The Morgan fingerprint density at radius 1 is 1.38 bits per heavy atom. The highest BCUT2D eigenvalue weighted by atomic mass is 35.5. The summed E-state index contributed by atoms with van der Waals surface area (Å²) < 4.78 is 0. The van der Waals surface area contributed by atoms with E-state index in [2.05, 4.69) is 31.1 Å². The zero-order valence-electron chi connectivity index (χ0n) is 10.3. The molecule has 16 heavy (non-hydrogen) atoms. The zero-order valence-corrected chi connectivity index (χ0v) is 11.1. The summed E-state index contributed by atoms with van der Waals surface area (Å²) in [6.45, 7) is 7.66. The normalized spacial score (nSPS) is 13.1. The largest absolute Gasteiger partial charge is 0.310 e. The van der Waals surface area contributed by atoms with Gasteiger partial charge in [0.05, 0.1) is 0 Å². The van der Waals surface area contributed by atoms with Crippen molar-refractivity contribution in [3.8, 4) is 0 Å². The van der Waals surface area contributed by atoms with Crippen molar-refractivity contribution in [2.75, 3.05) is 6.54 Å². The summed E-state index contributed by atoms with van der Waals surface area (Å²) in [5.41, 5.74) is 1.08. The minimum absolute atomic E-state index is 0.272. The van der Waals surface area contributed by atoms with Crippen molar-refractivity contribution >= 4 is 11.6 Å². The summed E-state index contributed by atoms with van der Waals surface area (Å²) in [5, 5.41) is 4.07. The molecule has 0 aliphatic heterocycles. The Morgan fingerprint density at radius 2 is 2.12 bits per heavy atom. The molecule has 1 aromatic heterocycles. The minimum Gasteiger partial charge on any atom is -0.310 e. The first kappa shape index (κ1) is 13.5. The van der Waals surface area contributed by atoms with Gasteiger partial charge < -0.3 is 5.32 Å². The molecule has 0 saturated carbocycles. The van der Waals surface area contributed by atoms with E-state index in [0.29, 0.717) is 5.15 Å². The van der Waals surface area contributed by atoms with Crippen molar-refractivity contribution in [1.82, 2.24) is 10.3 Å². The van der Waals surface area contributed by atoms with Gasteiger partial charge in [-0.05, 0) is 38.3 Å². The predicted molar refractivity (Wildman–Crippen MR) is 69.7 cm³/mol. The van der Waals surface area contributed by atoms with Crippen LogP contribution in [0.5, 0.6) is 0 Å². The van der Waals surface area contributed by atoms with Gasteiger partial charge in [0.1, 0.15) is 5.15 Å². The van der Waals surface area contributed by atoms with E-state index in [-0.39, 0.29) is 6.04 Å². The Balaban J connectivity index is 2.35. The highest BCUT2D eigenvalue weighted by Crippen LogP contribution is 2.19. The van der Waals surface area contributed by atoms with Gasteiger partial charge in [-0.1, -0.05) is 31.5 Å². The zero-order chi connectivity index (χ0) is 12.0. The lowest BCUT2D eigenvalue weighted by Gasteiger charge is -2.15. The first-order valence-corrected chi connectivity index (χ1v) is 6.33. The number of halogens is 1. The van der Waals surface area contributed by atoms with Gasteiger partial charge in [0.15, 0.2) is 0 Å². The Bertz CT molecular complexity index is 313. The first-order valence-electron chi connectivity index (χ1n) is 5.95. The molecule has 1 aromatic rings. The van der Waals surface area contributed by atoms with E-state index in [1.807, 2.05) is 12.1 Å². The first-order chi connectivity index (χ1) is 7.61. The Morgan fingerprint density at radius 3 is 2.75 bits per heavy atom. The lowest BCUT2D eigenvalue weighted by atomic mass is 10.1. The van der Waals surface area contributed by atoms with Gasteiger partial charge in [-0.3, -0.25) is 0 Å². The van der Waals surface area contributed by atoms with Gasteiger partial charge in [0.2, 0.25) is 0 Å². The fourth-order valence-electron chi connectivity index (χ4n) is 1.66. The molecular weight excluding hydrogens is 220 g/mol.